The summed E-state index contributed by atoms with van der Waals surface area (Å²) in [5.74, 6) is 1.67. The van der Waals surface area contributed by atoms with Crippen molar-refractivity contribution in [1.29, 1.82) is 0 Å². The average molecular weight is 705 g/mol. The minimum atomic E-state index is 0.0367. The number of hydrogen-bond donors (Lipinski definition) is 0. The Kier molecular flexibility index (Phi) is 7.96. The molecule has 9 aromatic rings. The third kappa shape index (κ3) is 5.39. The Bertz CT molecular complexity index is 2620. The van der Waals surface area contributed by atoms with Crippen molar-refractivity contribution in [2.45, 2.75) is 65.2 Å². The van der Waals surface area contributed by atoms with Gasteiger partial charge in [-0.2, -0.15) is 15.0 Å². The smallest absolute Gasteiger partial charge is 0.240 e. The summed E-state index contributed by atoms with van der Waals surface area (Å²) in [5.41, 5.74) is 9.94. The highest BCUT2D eigenvalue weighted by Crippen LogP contribution is 2.40. The minimum absolute atomic E-state index is 0.0367. The molecule has 0 saturated heterocycles. The summed E-state index contributed by atoms with van der Waals surface area (Å²) in [6, 6.07) is 44.9. The number of para-hydroxylation sites is 4. The molecule has 266 valence electrons. The molecular weight excluding hydrogens is 661 g/mol. The quantitative estimate of drug-likeness (QED) is 0.158. The Morgan fingerprint density at radius 2 is 0.889 bits per heavy atom. The molecule has 0 bridgehead atoms. The van der Waals surface area contributed by atoms with Crippen molar-refractivity contribution in [2.24, 2.45) is 0 Å². The molecule has 0 radical (unpaired) electrons. The van der Waals surface area contributed by atoms with Crippen molar-refractivity contribution in [3.05, 3.63) is 145 Å². The molecule has 0 aliphatic rings. The molecule has 0 aliphatic carbocycles. The van der Waals surface area contributed by atoms with Crippen LogP contribution in [0.2, 0.25) is 0 Å². The van der Waals surface area contributed by atoms with E-state index >= 15 is 0 Å². The lowest BCUT2D eigenvalue weighted by atomic mass is 9.71. The number of nitrogens with zero attached hydrogens (tertiary/aromatic N) is 6. The van der Waals surface area contributed by atoms with E-state index in [4.69, 9.17) is 19.9 Å². The minimum Gasteiger partial charge on any atom is -0.278 e. The standard InChI is InChI=1S/C48H44N6/c1-7-47(3,4)37-27-25-31(29-38(37)48(5,6)8-2)39-28-26-32(30-49-39)44-50-45(53-40-21-13-9-17-33(40)34-18-10-14-22-41(34)53)52-46(51-44)54-42-23-15-11-19-35(42)36-20-12-16-24-43(36)54/h9-30H,7-8H2,1-6H3. The van der Waals surface area contributed by atoms with E-state index in [-0.39, 0.29) is 10.8 Å². The SMILES string of the molecule is CCC(C)(C)c1ccc(-c2ccc(-c3nc(-n4c5ccccc5c5ccccc54)nc(-n4c5ccccc5c5ccccc54)n3)cn2)cc1C(C)(C)CC. The van der Waals surface area contributed by atoms with Gasteiger partial charge in [-0.05, 0) is 77.3 Å². The van der Waals surface area contributed by atoms with Crippen molar-refractivity contribution in [3.63, 3.8) is 0 Å². The second kappa shape index (κ2) is 12.8. The Morgan fingerprint density at radius 3 is 1.31 bits per heavy atom. The molecule has 9 rings (SSSR count). The fraction of sp³-hybridized carbons (Fsp3) is 0.208. The average Bonchev–Trinajstić information content (AvgIpc) is 3.74. The van der Waals surface area contributed by atoms with E-state index in [0.717, 1.165) is 73.3 Å². The Hall–Kier alpha value is -6.14. The zero-order valence-corrected chi connectivity index (χ0v) is 31.8. The van der Waals surface area contributed by atoms with E-state index in [9.17, 15) is 0 Å². The van der Waals surface area contributed by atoms with E-state index in [1.807, 2.05) is 6.20 Å². The summed E-state index contributed by atoms with van der Waals surface area (Å²) in [7, 11) is 0. The van der Waals surface area contributed by atoms with Crippen LogP contribution in [0.4, 0.5) is 0 Å². The zero-order valence-electron chi connectivity index (χ0n) is 31.8. The molecule has 0 fully saturated rings. The molecule has 0 spiro atoms. The van der Waals surface area contributed by atoms with Crippen molar-refractivity contribution in [1.82, 2.24) is 29.1 Å². The van der Waals surface area contributed by atoms with Crippen LogP contribution in [0.5, 0.6) is 0 Å². The first kappa shape index (κ1) is 33.7. The van der Waals surface area contributed by atoms with Gasteiger partial charge in [-0.25, -0.2) is 0 Å². The van der Waals surface area contributed by atoms with Gasteiger partial charge in [-0.15, -0.1) is 0 Å². The molecule has 0 saturated carbocycles. The van der Waals surface area contributed by atoms with Crippen LogP contribution in [0.15, 0.2) is 134 Å². The van der Waals surface area contributed by atoms with Gasteiger partial charge >= 0.3 is 0 Å². The maximum atomic E-state index is 5.27. The lowest BCUT2D eigenvalue weighted by Gasteiger charge is -2.34. The molecule has 0 amide bonds. The number of benzene rings is 5. The topological polar surface area (TPSA) is 61.4 Å². The third-order valence-corrected chi connectivity index (χ3v) is 11.7. The van der Waals surface area contributed by atoms with Crippen LogP contribution in [0.25, 0.3) is 78.2 Å². The number of pyridine rings is 1. The van der Waals surface area contributed by atoms with Crippen molar-refractivity contribution in [3.8, 4) is 34.5 Å². The van der Waals surface area contributed by atoms with Gasteiger partial charge in [0.25, 0.3) is 0 Å². The van der Waals surface area contributed by atoms with E-state index in [2.05, 4.69) is 178 Å². The molecule has 0 unspecified atom stereocenters. The molecule has 54 heavy (non-hydrogen) atoms. The van der Waals surface area contributed by atoms with Gasteiger partial charge in [0.1, 0.15) is 0 Å². The summed E-state index contributed by atoms with van der Waals surface area (Å²) in [6.45, 7) is 13.9. The number of hydrogen-bond acceptors (Lipinski definition) is 4. The van der Waals surface area contributed by atoms with Gasteiger partial charge in [-0.1, -0.05) is 126 Å². The van der Waals surface area contributed by atoms with Crippen LogP contribution >= 0.6 is 0 Å². The predicted molar refractivity (Wildman–Crippen MR) is 224 cm³/mol. The number of rotatable bonds is 8. The largest absolute Gasteiger partial charge is 0.278 e. The van der Waals surface area contributed by atoms with Gasteiger partial charge in [0.2, 0.25) is 11.9 Å². The van der Waals surface area contributed by atoms with Gasteiger partial charge in [0.15, 0.2) is 5.82 Å². The summed E-state index contributed by atoms with van der Waals surface area (Å²) >= 11 is 0. The summed E-state index contributed by atoms with van der Waals surface area (Å²) in [6.07, 6.45) is 4.04. The lowest BCUT2D eigenvalue weighted by molar-refractivity contribution is 0.455. The highest BCUT2D eigenvalue weighted by molar-refractivity contribution is 6.10. The molecule has 6 heteroatoms. The van der Waals surface area contributed by atoms with Gasteiger partial charge in [0.05, 0.1) is 27.8 Å². The molecule has 4 heterocycles. The van der Waals surface area contributed by atoms with E-state index in [1.54, 1.807) is 0 Å². The molecule has 4 aromatic heterocycles. The lowest BCUT2D eigenvalue weighted by Crippen LogP contribution is -2.25. The highest BCUT2D eigenvalue weighted by atomic mass is 15.3. The van der Waals surface area contributed by atoms with Crippen molar-refractivity contribution < 1.29 is 0 Å². The fourth-order valence-corrected chi connectivity index (χ4v) is 7.89. The van der Waals surface area contributed by atoms with E-state index < -0.39 is 0 Å². The monoisotopic (exact) mass is 704 g/mol. The summed E-state index contributed by atoms with van der Waals surface area (Å²) in [4.78, 5) is 20.7. The van der Waals surface area contributed by atoms with Crippen LogP contribution < -0.4 is 0 Å². The van der Waals surface area contributed by atoms with Crippen LogP contribution in [0.3, 0.4) is 0 Å². The molecule has 5 aromatic carbocycles. The normalized spacial score (nSPS) is 12.4. The molecule has 0 aliphatic heterocycles. The van der Waals surface area contributed by atoms with Crippen LogP contribution in [0.1, 0.15) is 65.5 Å². The first-order valence-electron chi connectivity index (χ1n) is 19.0. The number of fused-ring (bicyclic) bond motifs is 6. The molecule has 6 nitrogen and oxygen atoms in total. The number of aromatic nitrogens is 6. The van der Waals surface area contributed by atoms with Gasteiger partial charge in [-0.3, -0.25) is 14.1 Å². The Balaban J connectivity index is 1.25. The first-order chi connectivity index (χ1) is 26.2. The Labute approximate surface area is 316 Å². The van der Waals surface area contributed by atoms with Crippen LogP contribution in [-0.2, 0) is 10.8 Å². The summed E-state index contributed by atoms with van der Waals surface area (Å²) < 4.78 is 4.32. The van der Waals surface area contributed by atoms with Crippen molar-refractivity contribution in [2.75, 3.05) is 0 Å². The summed E-state index contributed by atoms with van der Waals surface area (Å²) in [5, 5.41) is 4.61. The van der Waals surface area contributed by atoms with Crippen LogP contribution in [0, 0.1) is 0 Å². The van der Waals surface area contributed by atoms with Crippen molar-refractivity contribution >= 4 is 43.6 Å². The first-order valence-corrected chi connectivity index (χ1v) is 19.0. The van der Waals surface area contributed by atoms with E-state index in [1.165, 1.54) is 11.1 Å². The highest BCUT2D eigenvalue weighted by Gasteiger charge is 2.29. The zero-order chi connectivity index (χ0) is 37.2. The maximum Gasteiger partial charge on any atom is 0.240 e. The fourth-order valence-electron chi connectivity index (χ4n) is 7.89. The molecular formula is C48H44N6. The van der Waals surface area contributed by atoms with Crippen LogP contribution in [-0.4, -0.2) is 29.1 Å². The Morgan fingerprint density at radius 1 is 0.463 bits per heavy atom. The molecule has 0 atom stereocenters. The van der Waals surface area contributed by atoms with E-state index in [0.29, 0.717) is 17.7 Å². The maximum absolute atomic E-state index is 5.27. The second-order valence-electron chi connectivity index (χ2n) is 15.7. The predicted octanol–water partition coefficient (Wildman–Crippen LogP) is 12.2. The third-order valence-electron chi connectivity index (χ3n) is 11.7. The van der Waals surface area contributed by atoms with Gasteiger partial charge in [0, 0.05) is 38.9 Å². The van der Waals surface area contributed by atoms with Gasteiger partial charge < -0.3 is 0 Å². The molecule has 0 N–H and O–H groups in total. The second-order valence-corrected chi connectivity index (χ2v) is 15.7.